The van der Waals surface area contributed by atoms with Crippen LogP contribution in [0.2, 0.25) is 0 Å². The molecule has 0 aliphatic rings. The Morgan fingerprint density at radius 3 is 2.64 bits per heavy atom. The number of thiazole rings is 1. The average molecular weight is 320 g/mol. The summed E-state index contributed by atoms with van der Waals surface area (Å²) in [4.78, 5) is 4.73. The van der Waals surface area contributed by atoms with Gasteiger partial charge in [-0.25, -0.2) is 4.98 Å². The highest BCUT2D eigenvalue weighted by Crippen LogP contribution is 2.34. The van der Waals surface area contributed by atoms with Crippen LogP contribution in [-0.4, -0.2) is 25.7 Å². The van der Waals surface area contributed by atoms with Crippen molar-refractivity contribution in [3.8, 4) is 11.5 Å². The van der Waals surface area contributed by atoms with Gasteiger partial charge in [0.2, 0.25) is 0 Å². The van der Waals surface area contributed by atoms with Crippen molar-refractivity contribution in [3.63, 3.8) is 0 Å². The van der Waals surface area contributed by atoms with Crippen molar-refractivity contribution in [2.45, 2.75) is 32.1 Å². The molecule has 4 nitrogen and oxygen atoms in total. The van der Waals surface area contributed by atoms with Crippen molar-refractivity contribution in [1.29, 1.82) is 0 Å². The Balaban J connectivity index is 2.23. The monoisotopic (exact) mass is 320 g/mol. The maximum Gasteiger partial charge on any atom is 0.125 e. The van der Waals surface area contributed by atoms with Gasteiger partial charge in [-0.2, -0.15) is 0 Å². The second-order valence-corrected chi connectivity index (χ2v) is 6.78. The number of nitrogens with zero attached hydrogens (tertiary/aromatic N) is 1. The highest BCUT2D eigenvalue weighted by molar-refractivity contribution is 7.09. The summed E-state index contributed by atoms with van der Waals surface area (Å²) >= 11 is 1.70. The molecule has 2 N–H and O–H groups in total. The number of rotatable bonds is 7. The minimum absolute atomic E-state index is 0.0562. The number of hydrogen-bond acceptors (Lipinski definition) is 5. The van der Waals surface area contributed by atoms with Crippen LogP contribution in [0.5, 0.6) is 11.5 Å². The maximum absolute atomic E-state index is 5.60. The molecule has 2 aromatic rings. The first kappa shape index (κ1) is 16.8. The van der Waals surface area contributed by atoms with Crippen LogP contribution in [0.3, 0.4) is 0 Å². The van der Waals surface area contributed by atoms with Gasteiger partial charge in [0.25, 0.3) is 0 Å². The summed E-state index contributed by atoms with van der Waals surface area (Å²) in [6, 6.07) is 5.95. The van der Waals surface area contributed by atoms with Crippen LogP contribution in [0.1, 0.15) is 30.1 Å². The van der Waals surface area contributed by atoms with Crippen LogP contribution in [0, 0.1) is 0 Å². The Labute approximate surface area is 136 Å². The summed E-state index contributed by atoms with van der Waals surface area (Å²) in [6.07, 6.45) is 1.69. The molecule has 0 radical (unpaired) electrons. The van der Waals surface area contributed by atoms with Crippen LogP contribution >= 0.6 is 11.3 Å². The SMILES string of the molecule is COc1ccc(CC(C)(C)c2nc(CCN)cs2)c(OC)c1. The molecule has 0 bridgehead atoms. The van der Waals surface area contributed by atoms with E-state index in [1.165, 1.54) is 0 Å². The van der Waals surface area contributed by atoms with Gasteiger partial charge in [0.1, 0.15) is 11.5 Å². The molecule has 0 fully saturated rings. The Bertz CT molecular complexity index is 623. The zero-order chi connectivity index (χ0) is 16.2. The number of nitrogens with two attached hydrogens (primary N) is 1. The summed E-state index contributed by atoms with van der Waals surface area (Å²) in [7, 11) is 3.35. The third-order valence-corrected chi connectivity index (χ3v) is 4.91. The van der Waals surface area contributed by atoms with Crippen LogP contribution in [0.15, 0.2) is 23.6 Å². The van der Waals surface area contributed by atoms with Gasteiger partial charge >= 0.3 is 0 Å². The lowest BCUT2D eigenvalue weighted by Crippen LogP contribution is -2.21. The molecular weight excluding hydrogens is 296 g/mol. The fourth-order valence-corrected chi connectivity index (χ4v) is 3.41. The summed E-state index contributed by atoms with van der Waals surface area (Å²) < 4.78 is 10.8. The fraction of sp³-hybridized carbons (Fsp3) is 0.471. The number of benzene rings is 1. The third-order valence-electron chi connectivity index (χ3n) is 3.66. The first-order valence-corrected chi connectivity index (χ1v) is 8.24. The molecule has 2 rings (SSSR count). The van der Waals surface area contributed by atoms with Gasteiger partial charge in [-0.15, -0.1) is 11.3 Å². The lowest BCUT2D eigenvalue weighted by atomic mass is 9.86. The second kappa shape index (κ2) is 7.11. The standard InChI is InChI=1S/C17H24N2O2S/c1-17(2,16-19-13(7-8-18)11-22-16)10-12-5-6-14(20-3)9-15(12)21-4/h5-6,9,11H,7-8,10,18H2,1-4H3. The number of methoxy groups -OCH3 is 2. The topological polar surface area (TPSA) is 57.4 Å². The molecule has 0 saturated carbocycles. The van der Waals surface area contributed by atoms with Crippen LogP contribution in [0.4, 0.5) is 0 Å². The molecule has 5 heteroatoms. The zero-order valence-corrected chi connectivity index (χ0v) is 14.5. The Hall–Kier alpha value is -1.59. The molecule has 22 heavy (non-hydrogen) atoms. The first-order valence-electron chi connectivity index (χ1n) is 7.36. The molecule has 0 unspecified atom stereocenters. The minimum atomic E-state index is -0.0562. The van der Waals surface area contributed by atoms with Crippen molar-refractivity contribution in [1.82, 2.24) is 4.98 Å². The number of ether oxygens (including phenoxy) is 2. The van der Waals surface area contributed by atoms with Gasteiger partial charge in [0, 0.05) is 23.3 Å². The number of hydrogen-bond donors (Lipinski definition) is 1. The Morgan fingerprint density at radius 1 is 1.23 bits per heavy atom. The predicted octanol–water partition coefficient (Wildman–Crippen LogP) is 3.18. The molecule has 1 aromatic heterocycles. The molecule has 0 spiro atoms. The molecule has 120 valence electrons. The minimum Gasteiger partial charge on any atom is -0.497 e. The highest BCUT2D eigenvalue weighted by Gasteiger charge is 2.26. The van der Waals surface area contributed by atoms with Gasteiger partial charge in [-0.1, -0.05) is 19.9 Å². The summed E-state index contributed by atoms with van der Waals surface area (Å²) in [6.45, 7) is 5.05. The van der Waals surface area contributed by atoms with Gasteiger partial charge < -0.3 is 15.2 Å². The fourth-order valence-electron chi connectivity index (χ4n) is 2.43. The normalized spacial score (nSPS) is 11.5. The van der Waals surface area contributed by atoms with Gasteiger partial charge in [0.15, 0.2) is 0 Å². The lowest BCUT2D eigenvalue weighted by molar-refractivity contribution is 0.386. The van der Waals surface area contributed by atoms with E-state index in [-0.39, 0.29) is 5.41 Å². The smallest absolute Gasteiger partial charge is 0.125 e. The third kappa shape index (κ3) is 3.78. The highest BCUT2D eigenvalue weighted by atomic mass is 32.1. The van der Waals surface area contributed by atoms with E-state index in [0.29, 0.717) is 6.54 Å². The molecule has 0 amide bonds. The summed E-state index contributed by atoms with van der Waals surface area (Å²) in [5.41, 5.74) is 7.78. The second-order valence-electron chi connectivity index (χ2n) is 5.92. The van der Waals surface area contributed by atoms with Gasteiger partial charge in [0.05, 0.1) is 24.9 Å². The Morgan fingerprint density at radius 2 is 2.00 bits per heavy atom. The van der Waals surface area contributed by atoms with Crippen molar-refractivity contribution in [3.05, 3.63) is 39.8 Å². The largest absolute Gasteiger partial charge is 0.497 e. The summed E-state index contributed by atoms with van der Waals surface area (Å²) in [5.74, 6) is 1.66. The molecule has 0 aliphatic heterocycles. The molecule has 1 aromatic carbocycles. The van der Waals surface area contributed by atoms with Crippen LogP contribution in [-0.2, 0) is 18.3 Å². The molecule has 0 atom stereocenters. The van der Waals surface area contributed by atoms with E-state index in [9.17, 15) is 0 Å². The molecule has 1 heterocycles. The molecular formula is C17H24N2O2S. The zero-order valence-electron chi connectivity index (χ0n) is 13.7. The van der Waals surface area contributed by atoms with Crippen molar-refractivity contribution in [2.75, 3.05) is 20.8 Å². The van der Waals surface area contributed by atoms with E-state index >= 15 is 0 Å². The van der Waals surface area contributed by atoms with E-state index in [1.54, 1.807) is 25.6 Å². The van der Waals surface area contributed by atoms with Crippen LogP contribution in [0.25, 0.3) is 0 Å². The maximum atomic E-state index is 5.60. The first-order chi connectivity index (χ1) is 10.5. The Kier molecular flexibility index (Phi) is 5.42. The van der Waals surface area contributed by atoms with E-state index in [0.717, 1.165) is 40.6 Å². The van der Waals surface area contributed by atoms with Crippen molar-refractivity contribution >= 4 is 11.3 Å². The predicted molar refractivity (Wildman–Crippen MR) is 91.1 cm³/mol. The van der Waals surface area contributed by atoms with E-state index in [1.807, 2.05) is 12.1 Å². The average Bonchev–Trinajstić information content (AvgIpc) is 2.97. The summed E-state index contributed by atoms with van der Waals surface area (Å²) in [5, 5.41) is 3.24. The van der Waals surface area contributed by atoms with Gasteiger partial charge in [-0.05, 0) is 24.6 Å². The number of aromatic nitrogens is 1. The quantitative estimate of drug-likeness (QED) is 0.851. The van der Waals surface area contributed by atoms with Crippen molar-refractivity contribution in [2.24, 2.45) is 5.73 Å². The van der Waals surface area contributed by atoms with Crippen molar-refractivity contribution < 1.29 is 9.47 Å². The molecule has 0 aliphatic carbocycles. The van der Waals surface area contributed by atoms with E-state index in [4.69, 9.17) is 20.2 Å². The molecule has 0 saturated heterocycles. The van der Waals surface area contributed by atoms with Gasteiger partial charge in [-0.3, -0.25) is 0 Å². The van der Waals surface area contributed by atoms with E-state index < -0.39 is 0 Å². The van der Waals surface area contributed by atoms with Crippen LogP contribution < -0.4 is 15.2 Å². The lowest BCUT2D eigenvalue weighted by Gasteiger charge is -2.23. The van der Waals surface area contributed by atoms with E-state index in [2.05, 4.69) is 25.3 Å².